The fourth-order valence-corrected chi connectivity index (χ4v) is 4.46. The summed E-state index contributed by atoms with van der Waals surface area (Å²) in [6.07, 6.45) is 3.69. The van der Waals surface area contributed by atoms with Gasteiger partial charge in [0.2, 0.25) is 5.91 Å². The molecule has 0 radical (unpaired) electrons. The van der Waals surface area contributed by atoms with E-state index >= 15 is 0 Å². The lowest BCUT2D eigenvalue weighted by atomic mass is 10.1. The van der Waals surface area contributed by atoms with Gasteiger partial charge in [0.05, 0.1) is 5.75 Å². The number of carbonyl (C=O) groups excluding carboxylic acids is 2. The Labute approximate surface area is 183 Å². The Hall–Kier alpha value is -2.87. The van der Waals surface area contributed by atoms with Gasteiger partial charge in [-0.25, -0.2) is 8.42 Å². The molecular formula is C23H29N3O4S. The maximum atomic E-state index is 12.4. The van der Waals surface area contributed by atoms with E-state index in [1.807, 2.05) is 24.3 Å². The van der Waals surface area contributed by atoms with E-state index in [2.05, 4.69) is 15.5 Å². The van der Waals surface area contributed by atoms with Crippen molar-refractivity contribution in [2.45, 2.75) is 38.0 Å². The molecule has 3 rings (SSSR count). The van der Waals surface area contributed by atoms with Gasteiger partial charge < -0.3 is 15.5 Å². The fraction of sp³-hybridized carbons (Fsp3) is 0.391. The first kappa shape index (κ1) is 22.8. The molecule has 7 nitrogen and oxygen atoms in total. The molecule has 1 heterocycles. The van der Waals surface area contributed by atoms with Crippen molar-refractivity contribution in [2.75, 3.05) is 29.6 Å². The third kappa shape index (κ3) is 7.10. The monoisotopic (exact) mass is 443 g/mol. The van der Waals surface area contributed by atoms with Crippen LogP contribution in [0.1, 0.15) is 42.1 Å². The van der Waals surface area contributed by atoms with Gasteiger partial charge in [-0.05, 0) is 55.7 Å². The molecule has 0 spiro atoms. The van der Waals surface area contributed by atoms with Gasteiger partial charge in [0.25, 0.3) is 5.91 Å². The number of hydrogen-bond acceptors (Lipinski definition) is 5. The molecule has 166 valence electrons. The number of hydrogen-bond donors (Lipinski definition) is 2. The molecule has 1 atom stereocenters. The third-order valence-corrected chi connectivity index (χ3v) is 5.97. The van der Waals surface area contributed by atoms with Crippen LogP contribution in [-0.4, -0.2) is 45.6 Å². The van der Waals surface area contributed by atoms with Gasteiger partial charge in [0.1, 0.15) is 0 Å². The summed E-state index contributed by atoms with van der Waals surface area (Å²) in [5, 5.41) is 5.72. The minimum Gasteiger partial charge on any atom is -0.371 e. The lowest BCUT2D eigenvalue weighted by molar-refractivity contribution is -0.116. The lowest BCUT2D eigenvalue weighted by Gasteiger charge is -2.19. The van der Waals surface area contributed by atoms with E-state index in [-0.39, 0.29) is 30.0 Å². The van der Waals surface area contributed by atoms with Gasteiger partial charge >= 0.3 is 0 Å². The van der Waals surface area contributed by atoms with Crippen molar-refractivity contribution in [2.24, 2.45) is 0 Å². The van der Waals surface area contributed by atoms with Crippen molar-refractivity contribution < 1.29 is 18.0 Å². The van der Waals surface area contributed by atoms with Crippen LogP contribution in [0.2, 0.25) is 0 Å². The standard InChI is InChI=1S/C23H29N3O4S/c1-17(24-23(28)19-10-8-18(9-11-19)16-31(2,29)30)14-22(27)25-20-6-5-7-21(15-20)26-12-3-4-13-26/h5-11,15,17H,3-4,12-14,16H2,1-2H3,(H,24,28)(H,25,27). The second-order valence-electron chi connectivity index (χ2n) is 8.14. The molecule has 0 saturated carbocycles. The molecule has 0 aromatic heterocycles. The molecule has 1 unspecified atom stereocenters. The topological polar surface area (TPSA) is 95.6 Å². The van der Waals surface area contributed by atoms with Crippen LogP contribution in [-0.2, 0) is 20.4 Å². The van der Waals surface area contributed by atoms with E-state index in [9.17, 15) is 18.0 Å². The average molecular weight is 444 g/mol. The molecule has 8 heteroatoms. The van der Waals surface area contributed by atoms with E-state index in [0.717, 1.165) is 24.5 Å². The molecule has 31 heavy (non-hydrogen) atoms. The largest absolute Gasteiger partial charge is 0.371 e. The Bertz CT molecular complexity index is 1030. The van der Waals surface area contributed by atoms with Crippen molar-refractivity contribution in [3.8, 4) is 0 Å². The Kier molecular flexibility index (Phi) is 7.33. The summed E-state index contributed by atoms with van der Waals surface area (Å²) in [6, 6.07) is 13.9. The normalized spacial score (nSPS) is 14.8. The zero-order valence-corrected chi connectivity index (χ0v) is 18.7. The summed E-state index contributed by atoms with van der Waals surface area (Å²) in [6.45, 7) is 3.85. The summed E-state index contributed by atoms with van der Waals surface area (Å²) in [5.41, 5.74) is 2.90. The van der Waals surface area contributed by atoms with Crippen LogP contribution < -0.4 is 15.5 Å². The molecule has 2 aromatic carbocycles. The number of carbonyl (C=O) groups is 2. The Morgan fingerprint density at radius 1 is 1.06 bits per heavy atom. The second kappa shape index (κ2) is 9.96. The summed E-state index contributed by atoms with van der Waals surface area (Å²) in [4.78, 5) is 27.1. The molecule has 1 saturated heterocycles. The highest BCUT2D eigenvalue weighted by atomic mass is 32.2. The number of amides is 2. The van der Waals surface area contributed by atoms with E-state index in [4.69, 9.17) is 0 Å². The number of nitrogens with zero attached hydrogens (tertiary/aromatic N) is 1. The van der Waals surface area contributed by atoms with Crippen molar-refractivity contribution >= 4 is 33.0 Å². The first-order chi connectivity index (χ1) is 14.7. The lowest BCUT2D eigenvalue weighted by Crippen LogP contribution is -2.35. The predicted molar refractivity (Wildman–Crippen MR) is 123 cm³/mol. The Morgan fingerprint density at radius 2 is 1.74 bits per heavy atom. The van der Waals surface area contributed by atoms with Crippen LogP contribution in [0.15, 0.2) is 48.5 Å². The predicted octanol–water partition coefficient (Wildman–Crippen LogP) is 2.98. The van der Waals surface area contributed by atoms with E-state index in [1.165, 1.54) is 19.1 Å². The Balaban J connectivity index is 1.50. The molecule has 2 N–H and O–H groups in total. The molecule has 0 bridgehead atoms. The smallest absolute Gasteiger partial charge is 0.251 e. The molecular weight excluding hydrogens is 414 g/mol. The first-order valence-corrected chi connectivity index (χ1v) is 12.5. The zero-order chi connectivity index (χ0) is 22.4. The van der Waals surface area contributed by atoms with Crippen LogP contribution in [0, 0.1) is 0 Å². The maximum absolute atomic E-state index is 12.4. The SMILES string of the molecule is CC(CC(=O)Nc1cccc(N2CCCC2)c1)NC(=O)c1ccc(CS(C)(=O)=O)cc1. The number of sulfone groups is 1. The minimum atomic E-state index is -3.12. The van der Waals surface area contributed by atoms with Gasteiger partial charge in [-0.1, -0.05) is 18.2 Å². The van der Waals surface area contributed by atoms with Crippen LogP contribution in [0.4, 0.5) is 11.4 Å². The number of anilines is 2. The molecule has 2 aromatic rings. The first-order valence-electron chi connectivity index (χ1n) is 10.4. The minimum absolute atomic E-state index is 0.0650. The molecule has 1 aliphatic rings. The number of nitrogens with one attached hydrogen (secondary N) is 2. The van der Waals surface area contributed by atoms with Gasteiger partial charge in [0.15, 0.2) is 9.84 Å². The van der Waals surface area contributed by atoms with Gasteiger partial charge in [-0.2, -0.15) is 0 Å². The highest BCUT2D eigenvalue weighted by molar-refractivity contribution is 7.89. The van der Waals surface area contributed by atoms with Gasteiger partial charge in [-0.15, -0.1) is 0 Å². The van der Waals surface area contributed by atoms with Crippen LogP contribution in [0.25, 0.3) is 0 Å². The quantitative estimate of drug-likeness (QED) is 0.654. The maximum Gasteiger partial charge on any atom is 0.251 e. The van der Waals surface area contributed by atoms with E-state index in [1.54, 1.807) is 31.2 Å². The second-order valence-corrected chi connectivity index (χ2v) is 10.3. The van der Waals surface area contributed by atoms with Crippen molar-refractivity contribution in [3.05, 3.63) is 59.7 Å². The zero-order valence-electron chi connectivity index (χ0n) is 17.9. The molecule has 0 aliphatic carbocycles. The average Bonchev–Trinajstić information content (AvgIpc) is 3.22. The molecule has 2 amide bonds. The van der Waals surface area contributed by atoms with Crippen LogP contribution in [0.3, 0.4) is 0 Å². The van der Waals surface area contributed by atoms with E-state index < -0.39 is 9.84 Å². The van der Waals surface area contributed by atoms with Crippen LogP contribution >= 0.6 is 0 Å². The molecule has 1 fully saturated rings. The van der Waals surface area contributed by atoms with Crippen molar-refractivity contribution in [1.29, 1.82) is 0 Å². The third-order valence-electron chi connectivity index (χ3n) is 5.12. The van der Waals surface area contributed by atoms with Crippen molar-refractivity contribution in [3.63, 3.8) is 0 Å². The van der Waals surface area contributed by atoms with E-state index in [0.29, 0.717) is 11.1 Å². The summed E-state index contributed by atoms with van der Waals surface area (Å²) >= 11 is 0. The Morgan fingerprint density at radius 3 is 2.39 bits per heavy atom. The summed E-state index contributed by atoms with van der Waals surface area (Å²) in [5.74, 6) is -0.540. The van der Waals surface area contributed by atoms with Gasteiger partial charge in [0, 0.05) is 48.7 Å². The summed E-state index contributed by atoms with van der Waals surface area (Å²) < 4.78 is 22.7. The number of rotatable bonds is 8. The van der Waals surface area contributed by atoms with Gasteiger partial charge in [-0.3, -0.25) is 9.59 Å². The molecule has 1 aliphatic heterocycles. The fourth-order valence-electron chi connectivity index (χ4n) is 3.66. The number of benzene rings is 2. The highest BCUT2D eigenvalue weighted by Crippen LogP contribution is 2.23. The van der Waals surface area contributed by atoms with Crippen LogP contribution in [0.5, 0.6) is 0 Å². The highest BCUT2D eigenvalue weighted by Gasteiger charge is 2.16. The van der Waals surface area contributed by atoms with Crippen molar-refractivity contribution in [1.82, 2.24) is 5.32 Å². The summed E-state index contributed by atoms with van der Waals surface area (Å²) in [7, 11) is -3.12.